The number of carbonyl (C=O) groups excluding carboxylic acids is 1. The molecule has 4 aromatic rings. The molecule has 0 bridgehead atoms. The minimum Gasteiger partial charge on any atom is -0.493 e. The van der Waals surface area contributed by atoms with Gasteiger partial charge >= 0.3 is 5.97 Å². The molecule has 1 aromatic heterocycles. The molecule has 3 aromatic carbocycles. The molecule has 5 rings (SSSR count). The predicted octanol–water partition coefficient (Wildman–Crippen LogP) is 5.17. The van der Waals surface area contributed by atoms with Crippen LogP contribution in [0, 0.1) is 0 Å². The quantitative estimate of drug-likeness (QED) is 0.234. The van der Waals surface area contributed by atoms with E-state index in [2.05, 4.69) is 4.99 Å². The number of rotatable bonds is 10. The van der Waals surface area contributed by atoms with E-state index < -0.39 is 12.0 Å². The second-order valence-corrected chi connectivity index (χ2v) is 11.2. The summed E-state index contributed by atoms with van der Waals surface area (Å²) >= 11 is 1.27. The van der Waals surface area contributed by atoms with Crippen molar-refractivity contribution in [3.8, 4) is 17.2 Å². The van der Waals surface area contributed by atoms with Gasteiger partial charge in [0.2, 0.25) is 0 Å². The first-order valence-electron chi connectivity index (χ1n) is 14.1. The number of ether oxygens (including phenoxy) is 4. The van der Waals surface area contributed by atoms with Crippen molar-refractivity contribution in [2.45, 2.75) is 46.4 Å². The van der Waals surface area contributed by atoms with Gasteiger partial charge in [-0.05, 0) is 74.7 Å². The Morgan fingerprint density at radius 3 is 2.47 bits per heavy atom. The van der Waals surface area contributed by atoms with Crippen molar-refractivity contribution in [1.29, 1.82) is 0 Å². The number of benzene rings is 3. The van der Waals surface area contributed by atoms with Gasteiger partial charge < -0.3 is 18.9 Å². The molecule has 8 nitrogen and oxygen atoms in total. The van der Waals surface area contributed by atoms with Gasteiger partial charge in [0.25, 0.3) is 5.56 Å². The fourth-order valence-corrected chi connectivity index (χ4v) is 5.91. The predicted molar refractivity (Wildman–Crippen MR) is 166 cm³/mol. The van der Waals surface area contributed by atoms with Gasteiger partial charge in [-0.25, -0.2) is 9.79 Å². The molecule has 0 N–H and O–H groups in total. The normalized spacial score (nSPS) is 14.7. The molecule has 1 aliphatic rings. The zero-order chi connectivity index (χ0) is 30.5. The van der Waals surface area contributed by atoms with Crippen LogP contribution < -0.4 is 29.1 Å². The number of allylic oxidation sites excluding steroid dienone is 1. The van der Waals surface area contributed by atoms with Crippen molar-refractivity contribution < 1.29 is 23.7 Å². The number of aromatic nitrogens is 1. The van der Waals surface area contributed by atoms with Gasteiger partial charge in [0, 0.05) is 0 Å². The molecule has 0 aliphatic carbocycles. The summed E-state index contributed by atoms with van der Waals surface area (Å²) in [6, 6.07) is 22.2. The molecule has 0 saturated heterocycles. The molecule has 0 radical (unpaired) electrons. The van der Waals surface area contributed by atoms with Crippen molar-refractivity contribution >= 4 is 23.4 Å². The molecule has 222 valence electrons. The Bertz CT molecular complexity index is 1820. The first-order chi connectivity index (χ1) is 20.8. The zero-order valence-corrected chi connectivity index (χ0v) is 25.6. The number of esters is 1. The van der Waals surface area contributed by atoms with Crippen LogP contribution in [-0.2, 0) is 16.1 Å². The summed E-state index contributed by atoms with van der Waals surface area (Å²) < 4.78 is 24.9. The molecule has 43 heavy (non-hydrogen) atoms. The first kappa shape index (κ1) is 29.8. The van der Waals surface area contributed by atoms with Crippen LogP contribution in [0.25, 0.3) is 6.08 Å². The number of methoxy groups -OCH3 is 1. The fourth-order valence-electron chi connectivity index (χ4n) is 4.87. The van der Waals surface area contributed by atoms with E-state index in [1.807, 2.05) is 80.6 Å². The molecule has 9 heteroatoms. The molecule has 0 saturated carbocycles. The third-order valence-electron chi connectivity index (χ3n) is 6.81. The van der Waals surface area contributed by atoms with E-state index in [-0.39, 0.29) is 18.3 Å². The lowest BCUT2D eigenvalue weighted by Gasteiger charge is -2.25. The van der Waals surface area contributed by atoms with Crippen LogP contribution in [0.3, 0.4) is 0 Å². The third-order valence-corrected chi connectivity index (χ3v) is 7.79. The molecule has 1 aliphatic heterocycles. The van der Waals surface area contributed by atoms with E-state index in [4.69, 9.17) is 18.9 Å². The van der Waals surface area contributed by atoms with Gasteiger partial charge in [-0.15, -0.1) is 0 Å². The fraction of sp³-hybridized carbons (Fsp3) is 0.265. The largest absolute Gasteiger partial charge is 0.493 e. The van der Waals surface area contributed by atoms with E-state index in [9.17, 15) is 9.59 Å². The Labute approximate surface area is 254 Å². The van der Waals surface area contributed by atoms with E-state index in [1.54, 1.807) is 37.7 Å². The maximum atomic E-state index is 14.0. The first-order valence-corrected chi connectivity index (χ1v) is 14.9. The second kappa shape index (κ2) is 13.1. The summed E-state index contributed by atoms with van der Waals surface area (Å²) in [5, 5.41) is 0. The van der Waals surface area contributed by atoms with Crippen LogP contribution in [-0.4, -0.2) is 30.4 Å². The van der Waals surface area contributed by atoms with Crippen molar-refractivity contribution in [2.24, 2.45) is 4.99 Å². The summed E-state index contributed by atoms with van der Waals surface area (Å²) in [5.74, 6) is 1.29. The summed E-state index contributed by atoms with van der Waals surface area (Å²) in [6.07, 6.45) is 1.77. The highest BCUT2D eigenvalue weighted by molar-refractivity contribution is 7.07. The lowest BCUT2D eigenvalue weighted by Crippen LogP contribution is -2.40. The van der Waals surface area contributed by atoms with Crippen molar-refractivity contribution in [3.05, 3.63) is 120 Å². The van der Waals surface area contributed by atoms with Gasteiger partial charge in [-0.3, -0.25) is 9.36 Å². The van der Waals surface area contributed by atoms with Crippen LogP contribution in [0.4, 0.5) is 0 Å². The highest BCUT2D eigenvalue weighted by atomic mass is 32.1. The molecule has 0 spiro atoms. The number of thiazole rings is 1. The average Bonchev–Trinajstić information content (AvgIpc) is 3.30. The molecule has 1 atom stereocenters. The average molecular weight is 599 g/mol. The van der Waals surface area contributed by atoms with Crippen molar-refractivity contribution in [2.75, 3.05) is 13.7 Å². The Kier molecular flexibility index (Phi) is 9.11. The lowest BCUT2D eigenvalue weighted by atomic mass is 9.95. The van der Waals surface area contributed by atoms with Crippen molar-refractivity contribution in [1.82, 2.24) is 4.57 Å². The van der Waals surface area contributed by atoms with Gasteiger partial charge in [0.05, 0.1) is 41.7 Å². The van der Waals surface area contributed by atoms with Crippen molar-refractivity contribution in [3.63, 3.8) is 0 Å². The minimum absolute atomic E-state index is 0.0563. The van der Waals surface area contributed by atoms with E-state index in [0.29, 0.717) is 44.3 Å². The Morgan fingerprint density at radius 1 is 1.05 bits per heavy atom. The van der Waals surface area contributed by atoms with Gasteiger partial charge in [-0.1, -0.05) is 59.9 Å². The van der Waals surface area contributed by atoms with Crippen LogP contribution in [0.1, 0.15) is 50.4 Å². The Hall–Kier alpha value is -4.63. The molecule has 0 fully saturated rings. The summed E-state index contributed by atoms with van der Waals surface area (Å²) in [6.45, 7) is 8.04. The SMILES string of the molecule is CCOC(=O)C1=C(C)N=c2s/c(=C\c3ccc(OCc4ccccc4)cc3)c(=O)n2[C@@H]1c1ccc(OC(C)C)c(OC)c1. The highest BCUT2D eigenvalue weighted by Crippen LogP contribution is 2.36. The maximum Gasteiger partial charge on any atom is 0.338 e. The smallest absolute Gasteiger partial charge is 0.338 e. The lowest BCUT2D eigenvalue weighted by molar-refractivity contribution is -0.139. The van der Waals surface area contributed by atoms with Crippen LogP contribution in [0.5, 0.6) is 17.2 Å². The molecular formula is C34H34N2O6S. The van der Waals surface area contributed by atoms with Crippen LogP contribution in [0.2, 0.25) is 0 Å². The molecular weight excluding hydrogens is 564 g/mol. The number of carbonyl (C=O) groups is 1. The third kappa shape index (κ3) is 6.57. The summed E-state index contributed by atoms with van der Waals surface area (Å²) in [7, 11) is 1.56. The minimum atomic E-state index is -0.756. The maximum absolute atomic E-state index is 14.0. The van der Waals surface area contributed by atoms with E-state index in [0.717, 1.165) is 16.9 Å². The van der Waals surface area contributed by atoms with Gasteiger partial charge in [0.15, 0.2) is 16.3 Å². The number of hydrogen-bond donors (Lipinski definition) is 0. The Morgan fingerprint density at radius 2 is 1.79 bits per heavy atom. The summed E-state index contributed by atoms with van der Waals surface area (Å²) in [4.78, 5) is 32.3. The standard InChI is InChI=1S/C34H34N2O6S/c1-6-40-33(38)30-22(4)35-34-36(31(30)25-14-17-27(42-21(2)3)28(19-25)39-5)32(37)29(43-34)18-23-12-15-26(16-13-23)41-20-24-10-8-7-9-11-24/h7-19,21,31H,6,20H2,1-5H3/b29-18-/t31-/m1/s1. The highest BCUT2D eigenvalue weighted by Gasteiger charge is 2.34. The van der Waals surface area contributed by atoms with E-state index >= 15 is 0 Å². The van der Waals surface area contributed by atoms with Gasteiger partial charge in [0.1, 0.15) is 12.4 Å². The summed E-state index contributed by atoms with van der Waals surface area (Å²) in [5.41, 5.74) is 3.15. The molecule has 0 unspecified atom stereocenters. The van der Waals surface area contributed by atoms with E-state index in [1.165, 1.54) is 11.3 Å². The zero-order valence-electron chi connectivity index (χ0n) is 24.8. The Balaban J connectivity index is 1.54. The topological polar surface area (TPSA) is 88.4 Å². The van der Waals surface area contributed by atoms with Crippen LogP contribution >= 0.6 is 11.3 Å². The number of fused-ring (bicyclic) bond motifs is 1. The van der Waals surface area contributed by atoms with Crippen LogP contribution in [0.15, 0.2) is 93.9 Å². The number of nitrogens with zero attached hydrogens (tertiary/aromatic N) is 2. The molecule has 0 amide bonds. The number of hydrogen-bond acceptors (Lipinski definition) is 8. The monoisotopic (exact) mass is 598 g/mol. The van der Waals surface area contributed by atoms with Gasteiger partial charge in [-0.2, -0.15) is 0 Å². The second-order valence-electron chi connectivity index (χ2n) is 10.2. The molecule has 2 heterocycles.